The van der Waals surface area contributed by atoms with E-state index in [1.54, 1.807) is 43.7 Å². The lowest BCUT2D eigenvalue weighted by atomic mass is 9.99. The molecular formula is C24H23N5O3. The SMILES string of the molecule is Cc1cc(C(C)Nc2cccnc2/C(N)=N/O)c2oc(-c3cccnc3)c(C)c(=O)c2c1. The normalized spacial score (nSPS) is 12.7. The predicted octanol–water partition coefficient (Wildman–Crippen LogP) is 4.13. The maximum atomic E-state index is 13.2. The molecule has 0 spiro atoms. The number of nitrogens with zero attached hydrogens (tertiary/aromatic N) is 3. The third-order valence-electron chi connectivity index (χ3n) is 5.31. The molecule has 0 saturated heterocycles. The summed E-state index contributed by atoms with van der Waals surface area (Å²) in [4.78, 5) is 21.6. The molecular weight excluding hydrogens is 406 g/mol. The van der Waals surface area contributed by atoms with Crippen molar-refractivity contribution in [3.63, 3.8) is 0 Å². The van der Waals surface area contributed by atoms with Gasteiger partial charge in [-0.05, 0) is 56.7 Å². The predicted molar refractivity (Wildman–Crippen MR) is 124 cm³/mol. The van der Waals surface area contributed by atoms with E-state index in [0.29, 0.717) is 33.7 Å². The third-order valence-corrected chi connectivity index (χ3v) is 5.31. The molecule has 0 bridgehead atoms. The zero-order valence-electron chi connectivity index (χ0n) is 18.0. The van der Waals surface area contributed by atoms with Gasteiger partial charge in [0.05, 0.1) is 17.1 Å². The average Bonchev–Trinajstić information content (AvgIpc) is 2.81. The van der Waals surface area contributed by atoms with Crippen molar-refractivity contribution in [2.75, 3.05) is 5.32 Å². The minimum atomic E-state index is -0.278. The minimum absolute atomic E-state index is 0.0824. The summed E-state index contributed by atoms with van der Waals surface area (Å²) in [5.41, 5.74) is 10.1. The summed E-state index contributed by atoms with van der Waals surface area (Å²) in [7, 11) is 0. The minimum Gasteiger partial charge on any atom is -0.455 e. The van der Waals surface area contributed by atoms with E-state index in [1.807, 2.05) is 32.0 Å². The molecule has 1 aromatic carbocycles. The van der Waals surface area contributed by atoms with E-state index in [2.05, 4.69) is 20.4 Å². The molecule has 4 rings (SSSR count). The van der Waals surface area contributed by atoms with E-state index in [4.69, 9.17) is 15.4 Å². The highest BCUT2D eigenvalue weighted by Gasteiger charge is 2.20. The van der Waals surface area contributed by atoms with Crippen molar-refractivity contribution in [1.82, 2.24) is 9.97 Å². The van der Waals surface area contributed by atoms with Crippen molar-refractivity contribution in [3.05, 3.63) is 87.6 Å². The highest BCUT2D eigenvalue weighted by atomic mass is 16.4. The lowest BCUT2D eigenvalue weighted by molar-refractivity contribution is 0.318. The monoisotopic (exact) mass is 429 g/mol. The molecule has 4 aromatic rings. The van der Waals surface area contributed by atoms with Crippen molar-refractivity contribution < 1.29 is 9.62 Å². The zero-order chi connectivity index (χ0) is 22.8. The Balaban J connectivity index is 1.88. The largest absolute Gasteiger partial charge is 0.455 e. The van der Waals surface area contributed by atoms with Crippen LogP contribution in [0.2, 0.25) is 0 Å². The molecule has 3 aromatic heterocycles. The van der Waals surface area contributed by atoms with Crippen LogP contribution in [-0.2, 0) is 0 Å². The summed E-state index contributed by atoms with van der Waals surface area (Å²) in [5, 5.41) is 16.0. The highest BCUT2D eigenvalue weighted by molar-refractivity contribution is 6.00. The van der Waals surface area contributed by atoms with Gasteiger partial charge in [-0.15, -0.1) is 0 Å². The number of benzene rings is 1. The lowest BCUT2D eigenvalue weighted by Crippen LogP contribution is -2.19. The van der Waals surface area contributed by atoms with E-state index in [-0.39, 0.29) is 17.3 Å². The van der Waals surface area contributed by atoms with Crippen LogP contribution in [0.1, 0.15) is 35.3 Å². The van der Waals surface area contributed by atoms with Crippen LogP contribution in [0.5, 0.6) is 0 Å². The molecule has 3 heterocycles. The fourth-order valence-electron chi connectivity index (χ4n) is 3.75. The first-order valence-electron chi connectivity index (χ1n) is 10.1. The number of rotatable bonds is 5. The highest BCUT2D eigenvalue weighted by Crippen LogP contribution is 2.32. The summed E-state index contributed by atoms with van der Waals surface area (Å²) in [5.74, 6) is 0.391. The summed E-state index contributed by atoms with van der Waals surface area (Å²) < 4.78 is 6.32. The standard InChI is InChI=1S/C24H23N5O3/c1-13-10-17(15(3)28-19-7-5-9-27-20(19)24(25)29-31)23-18(11-13)21(30)14(2)22(32-23)16-6-4-8-26-12-16/h4-12,15,28,31H,1-3H3,(H2,25,29). The number of nitrogens with one attached hydrogen (secondary N) is 1. The van der Waals surface area contributed by atoms with Crippen molar-refractivity contribution >= 4 is 22.5 Å². The summed E-state index contributed by atoms with van der Waals surface area (Å²) in [6.07, 6.45) is 4.91. The number of anilines is 1. The van der Waals surface area contributed by atoms with Crippen LogP contribution in [0.15, 0.2) is 69.4 Å². The van der Waals surface area contributed by atoms with Crippen molar-refractivity contribution in [3.8, 4) is 11.3 Å². The van der Waals surface area contributed by atoms with E-state index >= 15 is 0 Å². The average molecular weight is 429 g/mol. The first kappa shape index (κ1) is 21.0. The van der Waals surface area contributed by atoms with E-state index in [9.17, 15) is 4.79 Å². The van der Waals surface area contributed by atoms with Crippen LogP contribution in [-0.4, -0.2) is 21.0 Å². The van der Waals surface area contributed by atoms with E-state index in [0.717, 1.165) is 16.7 Å². The molecule has 0 saturated carbocycles. The summed E-state index contributed by atoms with van der Waals surface area (Å²) in [6, 6.07) is 10.7. The van der Waals surface area contributed by atoms with Crippen LogP contribution in [0.4, 0.5) is 5.69 Å². The smallest absolute Gasteiger partial charge is 0.196 e. The second-order valence-electron chi connectivity index (χ2n) is 7.61. The second kappa shape index (κ2) is 8.50. The second-order valence-corrected chi connectivity index (χ2v) is 7.61. The molecule has 0 amide bonds. The Morgan fingerprint density at radius 2 is 2.00 bits per heavy atom. The fourth-order valence-corrected chi connectivity index (χ4v) is 3.75. The molecule has 0 aliphatic rings. The Morgan fingerprint density at radius 3 is 2.72 bits per heavy atom. The fraction of sp³-hybridized carbons (Fsp3) is 0.167. The number of hydrogen-bond acceptors (Lipinski definition) is 7. The van der Waals surface area contributed by atoms with Crippen LogP contribution in [0.3, 0.4) is 0 Å². The molecule has 0 fully saturated rings. The molecule has 8 heteroatoms. The van der Waals surface area contributed by atoms with E-state index in [1.165, 1.54) is 0 Å². The van der Waals surface area contributed by atoms with Gasteiger partial charge in [-0.25, -0.2) is 0 Å². The maximum Gasteiger partial charge on any atom is 0.196 e. The first-order valence-corrected chi connectivity index (χ1v) is 10.1. The first-order chi connectivity index (χ1) is 15.4. The Kier molecular flexibility index (Phi) is 5.59. The van der Waals surface area contributed by atoms with Crippen LogP contribution >= 0.6 is 0 Å². The van der Waals surface area contributed by atoms with Gasteiger partial charge in [0.15, 0.2) is 11.3 Å². The number of fused-ring (bicyclic) bond motifs is 1. The Hall–Kier alpha value is -4.20. The number of aromatic nitrogens is 2. The van der Waals surface area contributed by atoms with Crippen LogP contribution in [0, 0.1) is 13.8 Å². The molecule has 32 heavy (non-hydrogen) atoms. The molecule has 0 aliphatic heterocycles. The Labute approximate surface area is 184 Å². The van der Waals surface area contributed by atoms with Gasteiger partial charge in [0.2, 0.25) is 0 Å². The molecule has 0 aliphatic carbocycles. The van der Waals surface area contributed by atoms with Crippen molar-refractivity contribution in [1.29, 1.82) is 0 Å². The van der Waals surface area contributed by atoms with Crippen LogP contribution in [0.25, 0.3) is 22.3 Å². The number of oxime groups is 1. The Morgan fingerprint density at radius 1 is 1.22 bits per heavy atom. The topological polar surface area (TPSA) is 127 Å². The number of nitrogens with two attached hydrogens (primary N) is 1. The van der Waals surface area contributed by atoms with Gasteiger partial charge in [-0.3, -0.25) is 14.8 Å². The molecule has 4 N–H and O–H groups in total. The number of hydrogen-bond donors (Lipinski definition) is 3. The number of pyridine rings is 2. The molecule has 1 unspecified atom stereocenters. The van der Waals surface area contributed by atoms with E-state index < -0.39 is 0 Å². The zero-order valence-corrected chi connectivity index (χ0v) is 18.0. The molecule has 1 atom stereocenters. The van der Waals surface area contributed by atoms with Gasteiger partial charge in [0.25, 0.3) is 0 Å². The van der Waals surface area contributed by atoms with Gasteiger partial charge in [0.1, 0.15) is 17.0 Å². The number of amidine groups is 1. The molecule has 0 radical (unpaired) electrons. The lowest BCUT2D eigenvalue weighted by Gasteiger charge is -2.20. The summed E-state index contributed by atoms with van der Waals surface area (Å²) in [6.45, 7) is 5.64. The van der Waals surface area contributed by atoms with Crippen LogP contribution < -0.4 is 16.5 Å². The van der Waals surface area contributed by atoms with Gasteiger partial charge in [-0.1, -0.05) is 11.2 Å². The molecule has 162 valence electrons. The van der Waals surface area contributed by atoms with Gasteiger partial charge in [-0.2, -0.15) is 0 Å². The van der Waals surface area contributed by atoms with Gasteiger partial charge in [0, 0.05) is 35.3 Å². The Bertz CT molecular complexity index is 1380. The molecule has 8 nitrogen and oxygen atoms in total. The van der Waals surface area contributed by atoms with Gasteiger partial charge >= 0.3 is 0 Å². The quantitative estimate of drug-likeness (QED) is 0.188. The van der Waals surface area contributed by atoms with Crippen molar-refractivity contribution in [2.24, 2.45) is 10.9 Å². The van der Waals surface area contributed by atoms with Gasteiger partial charge < -0.3 is 20.7 Å². The van der Waals surface area contributed by atoms with Crippen molar-refractivity contribution in [2.45, 2.75) is 26.8 Å². The third kappa shape index (κ3) is 3.78. The maximum absolute atomic E-state index is 13.2. The summed E-state index contributed by atoms with van der Waals surface area (Å²) >= 11 is 0. The number of aryl methyl sites for hydroxylation is 1.